The first kappa shape index (κ1) is 20.0. The van der Waals surface area contributed by atoms with Gasteiger partial charge >= 0.3 is 0 Å². The molecule has 28 heavy (non-hydrogen) atoms. The first-order valence-electron chi connectivity index (χ1n) is 9.14. The lowest BCUT2D eigenvalue weighted by molar-refractivity contribution is -0.123. The van der Waals surface area contributed by atoms with Crippen molar-refractivity contribution in [2.75, 3.05) is 45.2 Å². The van der Waals surface area contributed by atoms with Crippen molar-refractivity contribution in [2.24, 2.45) is 5.92 Å². The lowest BCUT2D eigenvalue weighted by atomic mass is 9.91. The summed E-state index contributed by atoms with van der Waals surface area (Å²) in [6.45, 7) is 0.147. The van der Waals surface area contributed by atoms with Gasteiger partial charge in [0.15, 0.2) is 0 Å². The molecular weight excluding hydrogens is 364 g/mol. The highest BCUT2D eigenvalue weighted by molar-refractivity contribution is 5.95. The highest BCUT2D eigenvalue weighted by Crippen LogP contribution is 2.37. The molecule has 0 bridgehead atoms. The van der Waals surface area contributed by atoms with Gasteiger partial charge in [-0.15, -0.1) is 0 Å². The van der Waals surface area contributed by atoms with Crippen LogP contribution in [0.5, 0.6) is 0 Å². The average molecular weight is 387 g/mol. The Morgan fingerprint density at radius 3 is 2.89 bits per heavy atom. The first-order chi connectivity index (χ1) is 13.3. The lowest BCUT2D eigenvalue weighted by Crippen LogP contribution is -2.52. The van der Waals surface area contributed by atoms with Crippen LogP contribution in [-0.2, 0) is 4.79 Å². The predicted octanol–water partition coefficient (Wildman–Crippen LogP) is 2.25. The highest BCUT2D eigenvalue weighted by atomic mass is 19.3. The third kappa shape index (κ3) is 4.20. The van der Waals surface area contributed by atoms with Gasteiger partial charge in [-0.3, -0.25) is 9.78 Å². The van der Waals surface area contributed by atoms with Gasteiger partial charge in [0.25, 0.3) is 5.92 Å². The lowest BCUT2D eigenvalue weighted by Gasteiger charge is -2.40. The Balaban J connectivity index is 1.75. The van der Waals surface area contributed by atoms with Gasteiger partial charge in [0, 0.05) is 36.3 Å². The quantitative estimate of drug-likeness (QED) is 0.852. The van der Waals surface area contributed by atoms with Crippen LogP contribution in [0.3, 0.4) is 0 Å². The van der Waals surface area contributed by atoms with E-state index in [0.717, 1.165) is 0 Å². The molecule has 1 atom stereocenters. The number of benzene rings is 1. The van der Waals surface area contributed by atoms with E-state index in [0.29, 0.717) is 28.7 Å². The number of rotatable bonds is 5. The number of likely N-dealkylation sites (N-methyl/N-ethyl adjacent to an activating group) is 1. The van der Waals surface area contributed by atoms with Crippen molar-refractivity contribution >= 4 is 22.5 Å². The average Bonchev–Trinajstić information content (AvgIpc) is 2.65. The zero-order chi connectivity index (χ0) is 20.3. The Morgan fingerprint density at radius 1 is 1.43 bits per heavy atom. The van der Waals surface area contributed by atoms with Crippen molar-refractivity contribution in [1.29, 1.82) is 5.26 Å². The number of carbonyl (C=O) groups excluding carboxylic acids is 1. The van der Waals surface area contributed by atoms with Gasteiger partial charge in [0.1, 0.15) is 6.07 Å². The van der Waals surface area contributed by atoms with E-state index in [4.69, 9.17) is 0 Å². The molecule has 1 fully saturated rings. The normalized spacial score (nSPS) is 18.9. The van der Waals surface area contributed by atoms with E-state index in [-0.39, 0.29) is 25.4 Å². The fraction of sp³-hybridized carbons (Fsp3) is 0.450. The number of hydrogen-bond donors (Lipinski definition) is 1. The van der Waals surface area contributed by atoms with Gasteiger partial charge < -0.3 is 15.1 Å². The minimum atomic E-state index is -2.94. The third-order valence-electron chi connectivity index (χ3n) is 4.96. The number of nitrogens with zero attached hydrogens (tertiary/aromatic N) is 4. The molecule has 1 unspecified atom stereocenters. The van der Waals surface area contributed by atoms with Gasteiger partial charge in [0.2, 0.25) is 5.91 Å². The predicted molar refractivity (Wildman–Crippen MR) is 103 cm³/mol. The van der Waals surface area contributed by atoms with Crippen LogP contribution in [0.2, 0.25) is 0 Å². The number of hydrogen-bond acceptors (Lipinski definition) is 5. The van der Waals surface area contributed by atoms with Crippen molar-refractivity contribution < 1.29 is 13.6 Å². The fourth-order valence-corrected chi connectivity index (χ4v) is 3.55. The number of amides is 1. The minimum Gasteiger partial charge on any atom is -0.365 e. The Labute approximate surface area is 162 Å². The van der Waals surface area contributed by atoms with E-state index in [1.807, 2.05) is 0 Å². The molecule has 1 aliphatic rings. The Hall–Kier alpha value is -2.79. The van der Waals surface area contributed by atoms with E-state index in [1.165, 1.54) is 0 Å². The summed E-state index contributed by atoms with van der Waals surface area (Å²) < 4.78 is 29.6. The van der Waals surface area contributed by atoms with Gasteiger partial charge in [-0.25, -0.2) is 8.78 Å². The number of alkyl halides is 2. The molecule has 8 heteroatoms. The SMILES string of the molecule is CN(C)CC(=O)NCC1CCN(c2ccc(C#N)c3ncccc23)CC1(F)F. The second-order valence-corrected chi connectivity index (χ2v) is 7.35. The van der Waals surface area contributed by atoms with Crippen molar-refractivity contribution in [3.8, 4) is 6.07 Å². The summed E-state index contributed by atoms with van der Waals surface area (Å²) in [5.41, 5.74) is 1.59. The summed E-state index contributed by atoms with van der Waals surface area (Å²) in [5.74, 6) is -4.10. The van der Waals surface area contributed by atoms with Crippen molar-refractivity contribution in [2.45, 2.75) is 12.3 Å². The second-order valence-electron chi connectivity index (χ2n) is 7.35. The summed E-state index contributed by atoms with van der Waals surface area (Å²) in [4.78, 5) is 19.3. The number of nitriles is 1. The maximum Gasteiger partial charge on any atom is 0.269 e. The summed E-state index contributed by atoms with van der Waals surface area (Å²) in [7, 11) is 3.51. The topological polar surface area (TPSA) is 72.3 Å². The number of nitrogens with one attached hydrogen (secondary N) is 1. The molecule has 1 N–H and O–H groups in total. The van der Waals surface area contributed by atoms with Crippen LogP contribution in [0.15, 0.2) is 30.5 Å². The van der Waals surface area contributed by atoms with E-state index in [1.54, 1.807) is 54.4 Å². The van der Waals surface area contributed by atoms with Gasteiger partial charge in [-0.1, -0.05) is 0 Å². The molecule has 1 aromatic heterocycles. The number of carbonyl (C=O) groups is 1. The molecule has 0 saturated carbocycles. The molecule has 1 aliphatic heterocycles. The molecule has 0 aliphatic carbocycles. The van der Waals surface area contributed by atoms with Crippen molar-refractivity contribution in [3.63, 3.8) is 0 Å². The van der Waals surface area contributed by atoms with Crippen molar-refractivity contribution in [3.05, 3.63) is 36.0 Å². The standard InChI is InChI=1S/C20H23F2N5O/c1-26(2)12-18(28)25-11-15-7-9-27(13-20(15,21)22)17-6-5-14(10-23)19-16(17)4-3-8-24-19/h3-6,8,15H,7,9,11-13H2,1-2H3,(H,25,28). The van der Waals surface area contributed by atoms with Crippen LogP contribution >= 0.6 is 0 Å². The summed E-state index contributed by atoms with van der Waals surface area (Å²) in [6.07, 6.45) is 1.85. The van der Waals surface area contributed by atoms with E-state index < -0.39 is 18.4 Å². The Morgan fingerprint density at radius 2 is 2.21 bits per heavy atom. The maximum atomic E-state index is 14.8. The van der Waals surface area contributed by atoms with Crippen LogP contribution in [0, 0.1) is 17.2 Å². The molecular formula is C20H23F2N5O. The molecule has 1 aromatic carbocycles. The molecule has 148 valence electrons. The van der Waals surface area contributed by atoms with E-state index in [9.17, 15) is 18.8 Å². The Bertz CT molecular complexity index is 909. The second kappa shape index (κ2) is 8.07. The van der Waals surface area contributed by atoms with Crippen LogP contribution in [0.4, 0.5) is 14.5 Å². The van der Waals surface area contributed by atoms with Gasteiger partial charge in [-0.2, -0.15) is 5.26 Å². The first-order valence-corrected chi connectivity index (χ1v) is 9.14. The largest absolute Gasteiger partial charge is 0.365 e. The van der Waals surface area contributed by atoms with E-state index >= 15 is 0 Å². The zero-order valence-corrected chi connectivity index (χ0v) is 16.0. The number of fused-ring (bicyclic) bond motifs is 1. The minimum absolute atomic E-state index is 0.0385. The number of pyridine rings is 1. The van der Waals surface area contributed by atoms with Crippen LogP contribution in [-0.4, -0.2) is 62.0 Å². The smallest absolute Gasteiger partial charge is 0.269 e. The molecule has 2 aromatic rings. The molecule has 1 saturated heterocycles. The van der Waals surface area contributed by atoms with Gasteiger partial charge in [0.05, 0.1) is 24.2 Å². The zero-order valence-electron chi connectivity index (χ0n) is 16.0. The third-order valence-corrected chi connectivity index (χ3v) is 4.96. The molecule has 2 heterocycles. The Kier molecular flexibility index (Phi) is 5.75. The van der Waals surface area contributed by atoms with Crippen LogP contribution in [0.25, 0.3) is 10.9 Å². The van der Waals surface area contributed by atoms with Crippen LogP contribution in [0.1, 0.15) is 12.0 Å². The molecule has 0 spiro atoms. The summed E-state index contributed by atoms with van der Waals surface area (Å²) in [5, 5.41) is 12.6. The van der Waals surface area contributed by atoms with Gasteiger partial charge in [-0.05, 0) is 44.8 Å². The molecule has 1 amide bonds. The molecule has 3 rings (SSSR count). The fourth-order valence-electron chi connectivity index (χ4n) is 3.55. The number of aromatic nitrogens is 1. The number of piperidine rings is 1. The number of halogens is 2. The molecule has 6 nitrogen and oxygen atoms in total. The molecule has 0 radical (unpaired) electrons. The monoisotopic (exact) mass is 387 g/mol. The van der Waals surface area contributed by atoms with Crippen LogP contribution < -0.4 is 10.2 Å². The summed E-state index contributed by atoms with van der Waals surface area (Å²) in [6, 6.07) is 8.95. The summed E-state index contributed by atoms with van der Waals surface area (Å²) >= 11 is 0. The number of anilines is 1. The highest BCUT2D eigenvalue weighted by Gasteiger charge is 2.44. The maximum absolute atomic E-state index is 14.8. The van der Waals surface area contributed by atoms with E-state index in [2.05, 4.69) is 16.4 Å². The van der Waals surface area contributed by atoms with Crippen molar-refractivity contribution in [1.82, 2.24) is 15.2 Å².